The van der Waals surface area contributed by atoms with Gasteiger partial charge in [0, 0.05) is 6.42 Å². The molecule has 1 fully saturated rings. The summed E-state index contributed by atoms with van der Waals surface area (Å²) in [6.45, 7) is 5.26. The Balaban J connectivity index is 2.14. The van der Waals surface area contributed by atoms with Crippen molar-refractivity contribution in [3.05, 3.63) is 35.9 Å². The van der Waals surface area contributed by atoms with Gasteiger partial charge in [-0.05, 0) is 39.2 Å². The molecule has 1 aliphatic rings. The van der Waals surface area contributed by atoms with Gasteiger partial charge in [0.05, 0.1) is 5.41 Å². The van der Waals surface area contributed by atoms with Gasteiger partial charge >= 0.3 is 11.9 Å². The van der Waals surface area contributed by atoms with Crippen molar-refractivity contribution in [2.75, 3.05) is 0 Å². The third kappa shape index (κ3) is 4.81. The molecule has 6 heteroatoms. The van der Waals surface area contributed by atoms with Gasteiger partial charge in [-0.2, -0.15) is 0 Å². The van der Waals surface area contributed by atoms with Crippen LogP contribution in [0.1, 0.15) is 58.1 Å². The Morgan fingerprint density at radius 1 is 1.20 bits per heavy atom. The first-order chi connectivity index (χ1) is 11.6. The van der Waals surface area contributed by atoms with Crippen molar-refractivity contribution in [1.82, 2.24) is 5.32 Å². The first kappa shape index (κ1) is 19.0. The van der Waals surface area contributed by atoms with Crippen molar-refractivity contribution >= 4 is 17.8 Å². The van der Waals surface area contributed by atoms with Crippen LogP contribution in [-0.2, 0) is 19.1 Å². The van der Waals surface area contributed by atoms with E-state index in [-0.39, 0.29) is 6.42 Å². The highest BCUT2D eigenvalue weighted by molar-refractivity contribution is 5.89. The van der Waals surface area contributed by atoms with Gasteiger partial charge in [-0.1, -0.05) is 36.8 Å². The lowest BCUT2D eigenvalue weighted by Gasteiger charge is -2.37. The Kier molecular flexibility index (Phi) is 5.50. The van der Waals surface area contributed by atoms with Crippen LogP contribution in [0.15, 0.2) is 30.3 Å². The summed E-state index contributed by atoms with van der Waals surface area (Å²) in [7, 11) is 0. The second-order valence-corrected chi connectivity index (χ2v) is 7.56. The molecule has 1 aliphatic carbocycles. The van der Waals surface area contributed by atoms with Crippen LogP contribution in [-0.4, -0.2) is 28.6 Å². The maximum absolute atomic E-state index is 12.5. The van der Waals surface area contributed by atoms with E-state index in [0.29, 0.717) is 18.4 Å². The van der Waals surface area contributed by atoms with Crippen LogP contribution in [0, 0.1) is 5.41 Å². The van der Waals surface area contributed by atoms with Crippen molar-refractivity contribution < 1.29 is 24.2 Å². The van der Waals surface area contributed by atoms with E-state index in [4.69, 9.17) is 4.74 Å². The standard InChI is InChI=1S/C19H25NO5/c1-18(2,3)25-16(22)15(13-8-5-4-6-9-13)20-14(21)12-19(17(23)24)10-7-11-19/h4-6,8-9,15H,7,10-12H2,1-3H3,(H,20,21)(H,23,24)/t15-/m0/s1. The van der Waals surface area contributed by atoms with Gasteiger partial charge in [-0.25, -0.2) is 4.79 Å². The second kappa shape index (κ2) is 7.25. The number of nitrogens with one attached hydrogen (secondary N) is 1. The van der Waals surface area contributed by atoms with Crippen molar-refractivity contribution in [3.8, 4) is 0 Å². The summed E-state index contributed by atoms with van der Waals surface area (Å²) in [6, 6.07) is 7.84. The van der Waals surface area contributed by atoms with Gasteiger partial charge in [-0.3, -0.25) is 9.59 Å². The average molecular weight is 347 g/mol. The molecule has 1 saturated carbocycles. The smallest absolute Gasteiger partial charge is 0.333 e. The minimum Gasteiger partial charge on any atom is -0.481 e. The molecule has 0 aromatic heterocycles. The third-order valence-corrected chi connectivity index (χ3v) is 4.34. The predicted molar refractivity (Wildman–Crippen MR) is 91.7 cm³/mol. The summed E-state index contributed by atoms with van der Waals surface area (Å²) in [5.41, 5.74) is -1.09. The Morgan fingerprint density at radius 3 is 2.24 bits per heavy atom. The predicted octanol–water partition coefficient (Wildman–Crippen LogP) is 2.83. The summed E-state index contributed by atoms with van der Waals surface area (Å²) >= 11 is 0. The fourth-order valence-electron chi connectivity index (χ4n) is 2.87. The molecule has 1 aromatic rings. The van der Waals surface area contributed by atoms with Crippen LogP contribution in [0.3, 0.4) is 0 Å². The van der Waals surface area contributed by atoms with E-state index >= 15 is 0 Å². The number of hydrogen-bond acceptors (Lipinski definition) is 4. The molecule has 0 spiro atoms. The van der Waals surface area contributed by atoms with Gasteiger partial charge in [0.2, 0.25) is 5.91 Å². The monoisotopic (exact) mass is 347 g/mol. The molecule has 6 nitrogen and oxygen atoms in total. The average Bonchev–Trinajstić information content (AvgIpc) is 2.47. The van der Waals surface area contributed by atoms with E-state index < -0.39 is 34.9 Å². The van der Waals surface area contributed by atoms with Gasteiger partial charge in [0.25, 0.3) is 0 Å². The molecule has 136 valence electrons. The Morgan fingerprint density at radius 2 is 1.80 bits per heavy atom. The van der Waals surface area contributed by atoms with Crippen LogP contribution in [0.2, 0.25) is 0 Å². The lowest BCUT2D eigenvalue weighted by atomic mass is 9.66. The first-order valence-corrected chi connectivity index (χ1v) is 8.44. The zero-order valence-corrected chi connectivity index (χ0v) is 14.9. The van der Waals surface area contributed by atoms with Crippen molar-refractivity contribution in [2.45, 2.75) is 58.1 Å². The number of ether oxygens (including phenoxy) is 1. The molecule has 25 heavy (non-hydrogen) atoms. The van der Waals surface area contributed by atoms with Crippen LogP contribution in [0.5, 0.6) is 0 Å². The van der Waals surface area contributed by atoms with E-state index in [9.17, 15) is 19.5 Å². The number of carboxylic acids is 1. The molecule has 0 bridgehead atoms. The van der Waals surface area contributed by atoms with E-state index in [1.165, 1.54) is 0 Å². The zero-order valence-electron chi connectivity index (χ0n) is 14.9. The minimum atomic E-state index is -1.00. The van der Waals surface area contributed by atoms with Crippen LogP contribution >= 0.6 is 0 Å². The lowest BCUT2D eigenvalue weighted by Crippen LogP contribution is -2.45. The minimum absolute atomic E-state index is 0.130. The maximum Gasteiger partial charge on any atom is 0.333 e. The highest BCUT2D eigenvalue weighted by atomic mass is 16.6. The van der Waals surface area contributed by atoms with Crippen LogP contribution in [0.4, 0.5) is 0 Å². The molecule has 0 heterocycles. The summed E-state index contributed by atoms with van der Waals surface area (Å²) in [5.74, 6) is -1.98. The van der Waals surface area contributed by atoms with Gasteiger partial charge < -0.3 is 15.2 Å². The molecular formula is C19H25NO5. The van der Waals surface area contributed by atoms with Gasteiger partial charge in [0.15, 0.2) is 6.04 Å². The molecule has 0 radical (unpaired) electrons. The van der Waals surface area contributed by atoms with Crippen molar-refractivity contribution in [3.63, 3.8) is 0 Å². The third-order valence-electron chi connectivity index (χ3n) is 4.34. The number of carbonyl (C=O) groups is 3. The number of esters is 1. The molecule has 0 saturated heterocycles. The van der Waals surface area contributed by atoms with Crippen LogP contribution in [0.25, 0.3) is 0 Å². The van der Waals surface area contributed by atoms with E-state index in [1.54, 1.807) is 45.0 Å². The Labute approximate surface area is 147 Å². The Hall–Kier alpha value is -2.37. The normalized spacial score (nSPS) is 17.1. The maximum atomic E-state index is 12.5. The topological polar surface area (TPSA) is 92.7 Å². The van der Waals surface area contributed by atoms with E-state index in [1.807, 2.05) is 6.07 Å². The summed E-state index contributed by atoms with van der Waals surface area (Å²) in [5, 5.41) is 12.0. The van der Waals surface area contributed by atoms with E-state index in [2.05, 4.69) is 5.32 Å². The number of hydrogen-bond donors (Lipinski definition) is 2. The van der Waals surface area contributed by atoms with E-state index in [0.717, 1.165) is 6.42 Å². The number of amides is 1. The summed E-state index contributed by atoms with van der Waals surface area (Å²) in [6.07, 6.45) is 1.64. The number of aliphatic carboxylic acids is 1. The van der Waals surface area contributed by atoms with Crippen LogP contribution < -0.4 is 5.32 Å². The summed E-state index contributed by atoms with van der Waals surface area (Å²) < 4.78 is 5.40. The fraction of sp³-hybridized carbons (Fsp3) is 0.526. The fourth-order valence-corrected chi connectivity index (χ4v) is 2.87. The van der Waals surface area contributed by atoms with Crippen molar-refractivity contribution in [1.29, 1.82) is 0 Å². The number of rotatable bonds is 6. The molecule has 1 aromatic carbocycles. The van der Waals surface area contributed by atoms with Gasteiger partial charge in [-0.15, -0.1) is 0 Å². The zero-order chi connectivity index (χ0) is 18.7. The molecule has 0 aliphatic heterocycles. The highest BCUT2D eigenvalue weighted by Crippen LogP contribution is 2.44. The van der Waals surface area contributed by atoms with Gasteiger partial charge in [0.1, 0.15) is 5.60 Å². The molecule has 0 unspecified atom stereocenters. The SMILES string of the molecule is CC(C)(C)OC(=O)[C@@H](NC(=O)CC1(C(=O)O)CCC1)c1ccccc1. The number of benzene rings is 1. The molecule has 2 N–H and O–H groups in total. The largest absolute Gasteiger partial charge is 0.481 e. The lowest BCUT2D eigenvalue weighted by molar-refractivity contribution is -0.160. The summed E-state index contributed by atoms with van der Waals surface area (Å²) in [4.78, 5) is 36.4. The number of carboxylic acid groups (broad SMARTS) is 1. The highest BCUT2D eigenvalue weighted by Gasteiger charge is 2.46. The quantitative estimate of drug-likeness (QED) is 0.772. The molecular weight excluding hydrogens is 322 g/mol. The number of carbonyl (C=O) groups excluding carboxylic acids is 2. The Bertz CT molecular complexity index is 644. The molecule has 1 amide bonds. The second-order valence-electron chi connectivity index (χ2n) is 7.56. The van der Waals surface area contributed by atoms with Crippen molar-refractivity contribution in [2.24, 2.45) is 5.41 Å². The molecule has 2 rings (SSSR count). The first-order valence-electron chi connectivity index (χ1n) is 8.44. The molecule has 1 atom stereocenters.